The smallest absolute Gasteiger partial charge is 0.220 e. The van der Waals surface area contributed by atoms with Gasteiger partial charge in [-0.2, -0.15) is 0 Å². The van der Waals surface area contributed by atoms with Crippen molar-refractivity contribution >= 4 is 28.6 Å². The van der Waals surface area contributed by atoms with Crippen molar-refractivity contribution in [3.05, 3.63) is 58.4 Å². The first-order chi connectivity index (χ1) is 9.61. The zero-order chi connectivity index (χ0) is 14.1. The number of aromatic nitrogens is 3. The molecule has 5 heteroatoms. The quantitative estimate of drug-likeness (QED) is 0.734. The number of hydrogen-bond donors (Lipinski definition) is 1. The summed E-state index contributed by atoms with van der Waals surface area (Å²) in [7, 11) is 0. The molecule has 2 aromatic heterocycles. The molecule has 0 fully saturated rings. The van der Waals surface area contributed by atoms with E-state index < -0.39 is 0 Å². The van der Waals surface area contributed by atoms with E-state index >= 15 is 0 Å². The second-order valence-electron chi connectivity index (χ2n) is 4.70. The average Bonchev–Trinajstić information content (AvgIpc) is 2.39. The number of hydrogen-bond acceptors (Lipinski definition) is 4. The van der Waals surface area contributed by atoms with Crippen LogP contribution in [0.2, 0.25) is 5.15 Å². The largest absolute Gasteiger partial charge is 0.368 e. The monoisotopic (exact) mass is 284 g/mol. The Morgan fingerprint density at radius 1 is 1.10 bits per heavy atom. The highest BCUT2D eigenvalue weighted by Gasteiger charge is 2.09. The van der Waals surface area contributed by atoms with Crippen molar-refractivity contribution in [2.24, 2.45) is 0 Å². The Labute approximate surface area is 121 Å². The first kappa shape index (κ1) is 12.8. The lowest BCUT2D eigenvalue weighted by Gasteiger charge is -2.07. The van der Waals surface area contributed by atoms with Gasteiger partial charge >= 0.3 is 0 Å². The maximum absolute atomic E-state index is 5.96. The molecule has 0 aliphatic heterocycles. The highest BCUT2D eigenvalue weighted by Crippen LogP contribution is 2.20. The van der Waals surface area contributed by atoms with Crippen molar-refractivity contribution in [2.75, 3.05) is 5.73 Å². The summed E-state index contributed by atoms with van der Waals surface area (Å²) in [5.41, 5.74) is 10.3. The molecule has 0 amide bonds. The van der Waals surface area contributed by atoms with Gasteiger partial charge in [-0.3, -0.25) is 0 Å². The molecule has 2 heterocycles. The molecule has 100 valence electrons. The van der Waals surface area contributed by atoms with Gasteiger partial charge in [-0.25, -0.2) is 15.0 Å². The molecule has 0 saturated heterocycles. The van der Waals surface area contributed by atoms with E-state index in [2.05, 4.69) is 40.1 Å². The summed E-state index contributed by atoms with van der Waals surface area (Å²) in [4.78, 5) is 12.8. The van der Waals surface area contributed by atoms with Gasteiger partial charge in [0.05, 0.1) is 11.2 Å². The van der Waals surface area contributed by atoms with E-state index in [-0.39, 0.29) is 5.95 Å². The number of nitrogen functional groups attached to an aromatic ring is 1. The predicted molar refractivity (Wildman–Crippen MR) is 80.7 cm³/mol. The first-order valence-corrected chi connectivity index (χ1v) is 6.64. The Morgan fingerprint density at radius 3 is 2.75 bits per heavy atom. The zero-order valence-electron chi connectivity index (χ0n) is 11.0. The van der Waals surface area contributed by atoms with Gasteiger partial charge in [0.2, 0.25) is 5.95 Å². The molecule has 3 aromatic rings. The number of benzene rings is 1. The summed E-state index contributed by atoms with van der Waals surface area (Å²) in [6.07, 6.45) is 0.651. The number of aryl methyl sites for hydroxylation is 1. The van der Waals surface area contributed by atoms with E-state index in [0.29, 0.717) is 22.6 Å². The Hall–Kier alpha value is -2.20. The first-order valence-electron chi connectivity index (χ1n) is 6.26. The molecule has 0 radical (unpaired) electrons. The van der Waals surface area contributed by atoms with Crippen molar-refractivity contribution in [3.63, 3.8) is 0 Å². The number of pyridine rings is 1. The number of anilines is 1. The molecule has 3 rings (SSSR count). The summed E-state index contributed by atoms with van der Waals surface area (Å²) in [6.45, 7) is 2.06. The van der Waals surface area contributed by atoms with Crippen LogP contribution in [0.25, 0.3) is 11.0 Å². The molecule has 0 bridgehead atoms. The molecular formula is C15H13ClN4. The third kappa shape index (κ3) is 2.56. The lowest BCUT2D eigenvalue weighted by Crippen LogP contribution is -2.03. The minimum absolute atomic E-state index is 0.254. The van der Waals surface area contributed by atoms with Gasteiger partial charge in [0.15, 0.2) is 0 Å². The highest BCUT2D eigenvalue weighted by atomic mass is 35.5. The van der Waals surface area contributed by atoms with Crippen molar-refractivity contribution in [2.45, 2.75) is 13.3 Å². The van der Waals surface area contributed by atoms with Crippen LogP contribution in [0.15, 0.2) is 36.4 Å². The molecule has 0 unspecified atom stereocenters. The zero-order valence-corrected chi connectivity index (χ0v) is 11.7. The van der Waals surface area contributed by atoms with Gasteiger partial charge in [-0.1, -0.05) is 41.4 Å². The number of rotatable bonds is 2. The molecule has 0 aliphatic rings. The van der Waals surface area contributed by atoms with Crippen molar-refractivity contribution in [3.8, 4) is 0 Å². The van der Waals surface area contributed by atoms with Gasteiger partial charge in [-0.05, 0) is 24.6 Å². The molecule has 4 nitrogen and oxygen atoms in total. The fourth-order valence-electron chi connectivity index (χ4n) is 2.21. The van der Waals surface area contributed by atoms with E-state index in [1.807, 2.05) is 12.1 Å². The van der Waals surface area contributed by atoms with Gasteiger partial charge in [0.25, 0.3) is 0 Å². The standard InChI is InChI=1S/C15H13ClN4/c1-9-3-2-4-10(7-9)8-12-14-11(18-15(17)19-12)5-6-13(16)20-14/h2-7H,8H2,1H3,(H2,17,18,19). The van der Waals surface area contributed by atoms with Gasteiger partial charge in [0.1, 0.15) is 10.7 Å². The van der Waals surface area contributed by atoms with Crippen LogP contribution >= 0.6 is 11.6 Å². The van der Waals surface area contributed by atoms with E-state index in [1.54, 1.807) is 6.07 Å². The van der Waals surface area contributed by atoms with E-state index in [4.69, 9.17) is 17.3 Å². The second-order valence-corrected chi connectivity index (χ2v) is 5.08. The number of halogens is 1. The summed E-state index contributed by atoms with van der Waals surface area (Å²) < 4.78 is 0. The van der Waals surface area contributed by atoms with Crippen LogP contribution in [0.3, 0.4) is 0 Å². The summed E-state index contributed by atoms with van der Waals surface area (Å²) >= 11 is 5.96. The average molecular weight is 285 g/mol. The summed E-state index contributed by atoms with van der Waals surface area (Å²) in [5, 5.41) is 0.427. The van der Waals surface area contributed by atoms with Gasteiger partial charge in [0, 0.05) is 6.42 Å². The molecule has 2 N–H and O–H groups in total. The molecule has 0 spiro atoms. The Kier molecular flexibility index (Phi) is 3.24. The lowest BCUT2D eigenvalue weighted by molar-refractivity contribution is 1.06. The van der Waals surface area contributed by atoms with Crippen LogP contribution in [0, 0.1) is 6.92 Å². The summed E-state index contributed by atoms with van der Waals surface area (Å²) in [6, 6.07) is 11.8. The predicted octanol–water partition coefficient (Wildman–Crippen LogP) is 3.16. The normalized spacial score (nSPS) is 10.9. The maximum Gasteiger partial charge on any atom is 0.220 e. The molecule has 0 saturated carbocycles. The van der Waals surface area contributed by atoms with E-state index in [0.717, 1.165) is 11.3 Å². The third-order valence-electron chi connectivity index (χ3n) is 3.05. The van der Waals surface area contributed by atoms with Crippen LogP contribution in [-0.4, -0.2) is 15.0 Å². The van der Waals surface area contributed by atoms with Crippen LogP contribution in [0.4, 0.5) is 5.95 Å². The third-order valence-corrected chi connectivity index (χ3v) is 3.26. The highest BCUT2D eigenvalue weighted by molar-refractivity contribution is 6.29. The van der Waals surface area contributed by atoms with Crippen molar-refractivity contribution in [1.29, 1.82) is 0 Å². The molecule has 0 atom stereocenters. The number of nitrogens with zero attached hydrogens (tertiary/aromatic N) is 3. The number of fused-ring (bicyclic) bond motifs is 1. The topological polar surface area (TPSA) is 64.7 Å². The minimum atomic E-state index is 0.254. The van der Waals surface area contributed by atoms with Crippen LogP contribution in [-0.2, 0) is 6.42 Å². The molecule has 1 aromatic carbocycles. The molecule has 0 aliphatic carbocycles. The van der Waals surface area contributed by atoms with Crippen LogP contribution in [0.5, 0.6) is 0 Å². The Morgan fingerprint density at radius 2 is 1.95 bits per heavy atom. The summed E-state index contributed by atoms with van der Waals surface area (Å²) in [5.74, 6) is 0.254. The lowest BCUT2D eigenvalue weighted by atomic mass is 10.1. The van der Waals surface area contributed by atoms with Crippen molar-refractivity contribution < 1.29 is 0 Å². The van der Waals surface area contributed by atoms with E-state index in [1.165, 1.54) is 5.56 Å². The van der Waals surface area contributed by atoms with Crippen LogP contribution < -0.4 is 5.73 Å². The minimum Gasteiger partial charge on any atom is -0.368 e. The fraction of sp³-hybridized carbons (Fsp3) is 0.133. The fourth-order valence-corrected chi connectivity index (χ4v) is 2.36. The second kappa shape index (κ2) is 5.06. The Balaban J connectivity index is 2.12. The van der Waals surface area contributed by atoms with E-state index in [9.17, 15) is 0 Å². The van der Waals surface area contributed by atoms with Gasteiger partial charge < -0.3 is 5.73 Å². The molecule has 20 heavy (non-hydrogen) atoms. The van der Waals surface area contributed by atoms with Crippen molar-refractivity contribution in [1.82, 2.24) is 15.0 Å². The van der Waals surface area contributed by atoms with Gasteiger partial charge in [-0.15, -0.1) is 0 Å². The Bertz CT molecular complexity index is 786. The maximum atomic E-state index is 5.96. The van der Waals surface area contributed by atoms with Crippen LogP contribution in [0.1, 0.15) is 16.8 Å². The SMILES string of the molecule is Cc1cccc(Cc2nc(N)nc3ccc(Cl)nc23)c1. The number of nitrogens with two attached hydrogens (primary N) is 1. The molecular weight excluding hydrogens is 272 g/mol.